The summed E-state index contributed by atoms with van der Waals surface area (Å²) in [5.74, 6) is 0. The monoisotopic (exact) mass is 206 g/mol. The molecule has 82 valence electrons. The number of hydrogen-bond donors (Lipinski definition) is 2. The molecule has 0 saturated carbocycles. The molecule has 0 amide bonds. The highest BCUT2D eigenvalue weighted by atomic mass is 16.7. The summed E-state index contributed by atoms with van der Waals surface area (Å²) >= 11 is 0. The first-order chi connectivity index (χ1) is 6.45. The maximum atomic E-state index is 10.4. The van der Waals surface area contributed by atoms with Crippen molar-refractivity contribution in [1.82, 2.24) is 0 Å². The summed E-state index contributed by atoms with van der Waals surface area (Å²) in [6.07, 6.45) is -2.14. The first-order valence-corrected chi connectivity index (χ1v) is 4.23. The van der Waals surface area contributed by atoms with Crippen molar-refractivity contribution in [3.63, 3.8) is 0 Å². The Balaban J connectivity index is 4.36. The zero-order valence-corrected chi connectivity index (χ0v) is 8.15. The molecule has 0 aliphatic heterocycles. The second-order valence-corrected chi connectivity index (χ2v) is 2.81. The molecule has 14 heavy (non-hydrogen) atoms. The van der Waals surface area contributed by atoms with Crippen LogP contribution in [0, 0.1) is 0 Å². The third-order valence-electron chi connectivity index (χ3n) is 2.05. The van der Waals surface area contributed by atoms with Crippen LogP contribution in [0.25, 0.3) is 0 Å². The molecule has 0 heterocycles. The van der Waals surface area contributed by atoms with Crippen LogP contribution in [0.3, 0.4) is 0 Å². The molecule has 0 aliphatic carbocycles. The highest BCUT2D eigenvalue weighted by molar-refractivity contribution is 5.58. The summed E-state index contributed by atoms with van der Waals surface area (Å²) in [4.78, 5) is 20.5. The number of rotatable bonds is 5. The minimum atomic E-state index is -1.44. The van der Waals surface area contributed by atoms with E-state index in [9.17, 15) is 9.59 Å². The largest absolute Gasteiger partial charge is 0.506 e. The average Bonchev–Trinajstić information content (AvgIpc) is 2.11. The molecule has 0 bridgehead atoms. The maximum absolute atomic E-state index is 10.4. The van der Waals surface area contributed by atoms with E-state index in [2.05, 4.69) is 9.47 Å². The Morgan fingerprint density at radius 1 is 1.14 bits per heavy atom. The molecule has 6 nitrogen and oxygen atoms in total. The molecule has 0 fully saturated rings. The summed E-state index contributed by atoms with van der Waals surface area (Å²) in [5, 5.41) is 16.7. The van der Waals surface area contributed by atoms with Gasteiger partial charge in [0.25, 0.3) is 0 Å². The van der Waals surface area contributed by atoms with Gasteiger partial charge in [-0.3, -0.25) is 0 Å². The van der Waals surface area contributed by atoms with Gasteiger partial charge in [-0.15, -0.1) is 0 Å². The molecular weight excluding hydrogens is 192 g/mol. The van der Waals surface area contributed by atoms with E-state index in [1.54, 1.807) is 13.8 Å². The molecule has 6 heteroatoms. The van der Waals surface area contributed by atoms with E-state index in [1.807, 2.05) is 0 Å². The van der Waals surface area contributed by atoms with Crippen molar-refractivity contribution in [2.45, 2.75) is 32.3 Å². The van der Waals surface area contributed by atoms with Gasteiger partial charge in [0.2, 0.25) is 0 Å². The first kappa shape index (κ1) is 12.5. The Labute approximate surface area is 81.4 Å². The van der Waals surface area contributed by atoms with Crippen LogP contribution < -0.4 is 0 Å². The lowest BCUT2D eigenvalue weighted by Crippen LogP contribution is -2.39. The van der Waals surface area contributed by atoms with Crippen LogP contribution >= 0.6 is 0 Å². The van der Waals surface area contributed by atoms with E-state index in [4.69, 9.17) is 10.2 Å². The second-order valence-electron chi connectivity index (χ2n) is 2.81. The summed E-state index contributed by atoms with van der Waals surface area (Å²) < 4.78 is 8.93. The van der Waals surface area contributed by atoms with E-state index < -0.39 is 17.9 Å². The highest BCUT2D eigenvalue weighted by Crippen LogP contribution is 2.21. The molecule has 0 unspecified atom stereocenters. The zero-order valence-electron chi connectivity index (χ0n) is 8.15. The molecule has 0 aromatic rings. The van der Waals surface area contributed by atoms with Crippen molar-refractivity contribution in [3.05, 3.63) is 0 Å². The minimum Gasteiger partial charge on any atom is -0.450 e. The lowest BCUT2D eigenvalue weighted by molar-refractivity contribution is -0.0664. The van der Waals surface area contributed by atoms with Gasteiger partial charge in [-0.1, -0.05) is 13.8 Å². The van der Waals surface area contributed by atoms with Crippen molar-refractivity contribution >= 4 is 12.3 Å². The second kappa shape index (κ2) is 5.31. The normalized spacial score (nSPS) is 10.7. The van der Waals surface area contributed by atoms with E-state index in [-0.39, 0.29) is 6.61 Å². The fourth-order valence-electron chi connectivity index (χ4n) is 1.01. The van der Waals surface area contributed by atoms with E-state index >= 15 is 0 Å². The van der Waals surface area contributed by atoms with E-state index in [1.165, 1.54) is 0 Å². The Morgan fingerprint density at radius 3 is 1.93 bits per heavy atom. The molecule has 0 aromatic heterocycles. The van der Waals surface area contributed by atoms with Crippen LogP contribution in [0.15, 0.2) is 0 Å². The summed E-state index contributed by atoms with van der Waals surface area (Å²) in [6.45, 7) is 3.14. The summed E-state index contributed by atoms with van der Waals surface area (Å²) in [6, 6.07) is 0. The first-order valence-electron chi connectivity index (χ1n) is 4.23. The fraction of sp³-hybridized carbons (Fsp3) is 0.750. The molecular formula is C8H14O6. The number of hydrogen-bond acceptors (Lipinski definition) is 4. The van der Waals surface area contributed by atoms with Crippen LogP contribution in [0.5, 0.6) is 0 Å². The van der Waals surface area contributed by atoms with Crippen LogP contribution in [-0.4, -0.2) is 34.7 Å². The lowest BCUT2D eigenvalue weighted by Gasteiger charge is -2.28. The van der Waals surface area contributed by atoms with E-state index in [0.29, 0.717) is 12.8 Å². The van der Waals surface area contributed by atoms with Gasteiger partial charge >= 0.3 is 12.3 Å². The average molecular weight is 206 g/mol. The van der Waals surface area contributed by atoms with Gasteiger partial charge in [0, 0.05) is 0 Å². The molecule has 0 spiro atoms. The lowest BCUT2D eigenvalue weighted by atomic mass is 9.98. The van der Waals surface area contributed by atoms with Crippen LogP contribution in [-0.2, 0) is 9.47 Å². The molecule has 0 rings (SSSR count). The molecule has 0 atom stereocenters. The summed E-state index contributed by atoms with van der Waals surface area (Å²) in [5.41, 5.74) is -1.07. The smallest absolute Gasteiger partial charge is 0.450 e. The van der Waals surface area contributed by atoms with Crippen molar-refractivity contribution in [2.75, 3.05) is 6.61 Å². The molecule has 0 saturated heterocycles. The topological polar surface area (TPSA) is 93.1 Å². The van der Waals surface area contributed by atoms with E-state index in [0.717, 1.165) is 0 Å². The van der Waals surface area contributed by atoms with Crippen LogP contribution in [0.2, 0.25) is 0 Å². The third-order valence-corrected chi connectivity index (χ3v) is 2.05. The highest BCUT2D eigenvalue weighted by Gasteiger charge is 2.32. The fourth-order valence-corrected chi connectivity index (χ4v) is 1.01. The minimum absolute atomic E-state index is 0.276. The van der Waals surface area contributed by atoms with Crippen LogP contribution in [0.1, 0.15) is 26.7 Å². The van der Waals surface area contributed by atoms with Crippen LogP contribution in [0.4, 0.5) is 9.59 Å². The third kappa shape index (κ3) is 3.97. The van der Waals surface area contributed by atoms with Crippen molar-refractivity contribution in [3.8, 4) is 0 Å². The number of ether oxygens (including phenoxy) is 2. The Kier molecular flexibility index (Phi) is 4.76. The number of carboxylic acid groups (broad SMARTS) is 2. The van der Waals surface area contributed by atoms with Gasteiger partial charge < -0.3 is 19.7 Å². The molecule has 2 N–H and O–H groups in total. The predicted molar refractivity (Wildman–Crippen MR) is 46.4 cm³/mol. The maximum Gasteiger partial charge on any atom is 0.506 e. The van der Waals surface area contributed by atoms with Crippen molar-refractivity contribution < 1.29 is 29.3 Å². The standard InChI is InChI=1S/C8H14O6/c1-3-8(4-2,14-7(11)12)5-13-6(9)10/h3-5H2,1-2H3,(H,9,10)(H,11,12). The van der Waals surface area contributed by atoms with Crippen molar-refractivity contribution in [1.29, 1.82) is 0 Å². The summed E-state index contributed by atoms with van der Waals surface area (Å²) in [7, 11) is 0. The van der Waals surface area contributed by atoms with Gasteiger partial charge in [0.15, 0.2) is 0 Å². The molecule has 0 aliphatic rings. The van der Waals surface area contributed by atoms with Gasteiger partial charge in [-0.05, 0) is 12.8 Å². The van der Waals surface area contributed by atoms with Gasteiger partial charge in [-0.25, -0.2) is 9.59 Å². The Hall–Kier alpha value is -1.46. The van der Waals surface area contributed by atoms with Gasteiger partial charge in [-0.2, -0.15) is 0 Å². The molecule has 0 radical (unpaired) electrons. The SMILES string of the molecule is CCC(CC)(COC(=O)O)OC(=O)O. The number of carbonyl (C=O) groups is 2. The Bertz CT molecular complexity index is 208. The van der Waals surface area contributed by atoms with Gasteiger partial charge in [0.1, 0.15) is 12.2 Å². The predicted octanol–water partition coefficient (Wildman–Crippen LogP) is 1.93. The van der Waals surface area contributed by atoms with Crippen molar-refractivity contribution in [2.24, 2.45) is 0 Å². The molecule has 0 aromatic carbocycles. The Morgan fingerprint density at radius 2 is 1.64 bits per heavy atom. The zero-order chi connectivity index (χ0) is 11.2. The van der Waals surface area contributed by atoms with Gasteiger partial charge in [0.05, 0.1) is 0 Å². The quantitative estimate of drug-likeness (QED) is 0.667.